The van der Waals surface area contributed by atoms with E-state index in [4.69, 9.17) is 10.8 Å². The Balaban J connectivity index is 3.17. The van der Waals surface area contributed by atoms with Crippen LogP contribution < -0.4 is 5.73 Å². The summed E-state index contributed by atoms with van der Waals surface area (Å²) in [7, 11) is 0. The molecule has 0 saturated heterocycles. The summed E-state index contributed by atoms with van der Waals surface area (Å²) in [6.45, 7) is 2.21. The minimum Gasteiger partial charge on any atom is -0.476 e. The SMILES string of the molecule is CCn1nnc(N)c1C(=O)O. The molecule has 0 unspecified atom stereocenters. The molecule has 0 radical (unpaired) electrons. The summed E-state index contributed by atoms with van der Waals surface area (Å²) >= 11 is 0. The number of aryl methyl sites for hydroxylation is 1. The minimum atomic E-state index is -1.10. The van der Waals surface area contributed by atoms with E-state index in [1.54, 1.807) is 6.92 Å². The van der Waals surface area contributed by atoms with Crippen molar-refractivity contribution in [2.75, 3.05) is 5.73 Å². The van der Waals surface area contributed by atoms with Gasteiger partial charge in [0.05, 0.1) is 0 Å². The van der Waals surface area contributed by atoms with Gasteiger partial charge in [-0.1, -0.05) is 5.21 Å². The number of aromatic nitrogens is 3. The van der Waals surface area contributed by atoms with Crippen molar-refractivity contribution in [3.05, 3.63) is 5.69 Å². The summed E-state index contributed by atoms with van der Waals surface area (Å²) in [4.78, 5) is 10.5. The number of carbonyl (C=O) groups is 1. The molecule has 0 bridgehead atoms. The van der Waals surface area contributed by atoms with Crippen LogP contribution in [0.5, 0.6) is 0 Å². The summed E-state index contributed by atoms with van der Waals surface area (Å²) in [5, 5.41) is 15.5. The lowest BCUT2D eigenvalue weighted by Crippen LogP contribution is -2.10. The molecule has 0 fully saturated rings. The molecular formula is C5H8N4O2. The van der Waals surface area contributed by atoms with Gasteiger partial charge in [-0.25, -0.2) is 9.48 Å². The number of nitrogens with two attached hydrogens (primary N) is 1. The second kappa shape index (κ2) is 2.57. The number of hydrogen-bond donors (Lipinski definition) is 2. The maximum absolute atomic E-state index is 10.5. The number of aromatic carboxylic acids is 1. The van der Waals surface area contributed by atoms with Gasteiger partial charge >= 0.3 is 5.97 Å². The molecule has 6 heteroatoms. The monoisotopic (exact) mass is 156 g/mol. The van der Waals surface area contributed by atoms with Gasteiger partial charge in [0.1, 0.15) is 0 Å². The van der Waals surface area contributed by atoms with Crippen molar-refractivity contribution in [1.29, 1.82) is 0 Å². The van der Waals surface area contributed by atoms with Crippen LogP contribution in [-0.2, 0) is 6.54 Å². The third-order valence-corrected chi connectivity index (χ3v) is 1.26. The number of carboxylic acids is 1. The first-order valence-electron chi connectivity index (χ1n) is 3.09. The summed E-state index contributed by atoms with van der Waals surface area (Å²) < 4.78 is 1.23. The number of hydrogen-bond acceptors (Lipinski definition) is 4. The lowest BCUT2D eigenvalue weighted by molar-refractivity contribution is 0.0684. The molecule has 1 aromatic rings. The molecule has 0 aromatic carbocycles. The van der Waals surface area contributed by atoms with Gasteiger partial charge in [-0.05, 0) is 6.92 Å². The largest absolute Gasteiger partial charge is 0.476 e. The summed E-state index contributed by atoms with van der Waals surface area (Å²) in [6.07, 6.45) is 0. The Morgan fingerprint density at radius 3 is 2.82 bits per heavy atom. The molecular weight excluding hydrogens is 148 g/mol. The molecule has 60 valence electrons. The van der Waals surface area contributed by atoms with Crippen LogP contribution in [-0.4, -0.2) is 26.1 Å². The van der Waals surface area contributed by atoms with Crippen LogP contribution in [0.25, 0.3) is 0 Å². The zero-order chi connectivity index (χ0) is 8.43. The minimum absolute atomic E-state index is 0.0423. The van der Waals surface area contributed by atoms with Gasteiger partial charge in [-0.15, -0.1) is 5.10 Å². The third-order valence-electron chi connectivity index (χ3n) is 1.26. The van der Waals surface area contributed by atoms with Crippen molar-refractivity contribution in [2.45, 2.75) is 13.5 Å². The van der Waals surface area contributed by atoms with E-state index in [1.165, 1.54) is 4.68 Å². The van der Waals surface area contributed by atoms with Crippen molar-refractivity contribution in [3.63, 3.8) is 0 Å². The van der Waals surface area contributed by atoms with E-state index in [2.05, 4.69) is 10.3 Å². The van der Waals surface area contributed by atoms with Crippen molar-refractivity contribution < 1.29 is 9.90 Å². The second-order valence-electron chi connectivity index (χ2n) is 1.94. The molecule has 1 aromatic heterocycles. The normalized spacial score (nSPS) is 9.91. The Hall–Kier alpha value is -1.59. The van der Waals surface area contributed by atoms with Crippen molar-refractivity contribution in [1.82, 2.24) is 15.0 Å². The Morgan fingerprint density at radius 2 is 2.45 bits per heavy atom. The van der Waals surface area contributed by atoms with Gasteiger partial charge in [0.15, 0.2) is 11.5 Å². The van der Waals surface area contributed by atoms with E-state index in [0.29, 0.717) is 6.54 Å². The van der Waals surface area contributed by atoms with Crippen LogP contribution in [0.3, 0.4) is 0 Å². The predicted octanol–water partition coefficient (Wildman–Crippen LogP) is -0.422. The van der Waals surface area contributed by atoms with Gasteiger partial charge in [0, 0.05) is 6.54 Å². The van der Waals surface area contributed by atoms with Crippen molar-refractivity contribution >= 4 is 11.8 Å². The number of rotatable bonds is 2. The standard InChI is InChI=1S/C5H8N4O2/c1-2-9-3(5(10)11)4(6)7-8-9/h2,6H2,1H3,(H,10,11). The quantitative estimate of drug-likeness (QED) is 0.606. The first kappa shape index (κ1) is 7.52. The van der Waals surface area contributed by atoms with Gasteiger partial charge < -0.3 is 10.8 Å². The molecule has 0 aliphatic rings. The van der Waals surface area contributed by atoms with E-state index >= 15 is 0 Å². The molecule has 11 heavy (non-hydrogen) atoms. The molecule has 0 saturated carbocycles. The lowest BCUT2D eigenvalue weighted by atomic mass is 10.4. The number of carboxylic acid groups (broad SMARTS) is 1. The molecule has 1 heterocycles. The third kappa shape index (κ3) is 1.14. The first-order valence-corrected chi connectivity index (χ1v) is 3.09. The van der Waals surface area contributed by atoms with E-state index in [1.807, 2.05) is 0 Å². The highest BCUT2D eigenvalue weighted by molar-refractivity contribution is 5.90. The zero-order valence-corrected chi connectivity index (χ0v) is 5.98. The molecule has 0 aliphatic heterocycles. The summed E-state index contributed by atoms with van der Waals surface area (Å²) in [5.41, 5.74) is 5.19. The second-order valence-corrected chi connectivity index (χ2v) is 1.94. The van der Waals surface area contributed by atoms with E-state index in [-0.39, 0.29) is 11.5 Å². The maximum Gasteiger partial charge on any atom is 0.358 e. The van der Waals surface area contributed by atoms with Crippen molar-refractivity contribution in [2.24, 2.45) is 0 Å². The van der Waals surface area contributed by atoms with Gasteiger partial charge in [-0.3, -0.25) is 0 Å². The average molecular weight is 156 g/mol. The molecule has 0 atom stereocenters. The topological polar surface area (TPSA) is 94.0 Å². The van der Waals surface area contributed by atoms with E-state index < -0.39 is 5.97 Å². The number of nitrogen functional groups attached to an aromatic ring is 1. The fourth-order valence-electron chi connectivity index (χ4n) is 0.768. The first-order chi connectivity index (χ1) is 5.16. The van der Waals surface area contributed by atoms with Gasteiger partial charge in [0.2, 0.25) is 0 Å². The Kier molecular flexibility index (Phi) is 1.75. The smallest absolute Gasteiger partial charge is 0.358 e. The summed E-state index contributed by atoms with van der Waals surface area (Å²) in [5.74, 6) is -1.14. The predicted molar refractivity (Wildman–Crippen MR) is 37.1 cm³/mol. The van der Waals surface area contributed by atoms with E-state index in [9.17, 15) is 4.79 Å². The molecule has 0 spiro atoms. The van der Waals surface area contributed by atoms with Crippen LogP contribution in [0, 0.1) is 0 Å². The highest BCUT2D eigenvalue weighted by atomic mass is 16.4. The fourth-order valence-corrected chi connectivity index (χ4v) is 0.768. The van der Waals surface area contributed by atoms with Gasteiger partial charge in [0.25, 0.3) is 0 Å². The molecule has 3 N–H and O–H groups in total. The highest BCUT2D eigenvalue weighted by Crippen LogP contribution is 2.05. The average Bonchev–Trinajstić information content (AvgIpc) is 2.30. The Labute approximate surface area is 62.6 Å². The molecule has 0 aliphatic carbocycles. The Bertz CT molecular complexity index is 280. The zero-order valence-electron chi connectivity index (χ0n) is 5.98. The van der Waals surface area contributed by atoms with Gasteiger partial charge in [-0.2, -0.15) is 0 Å². The van der Waals surface area contributed by atoms with Crippen molar-refractivity contribution in [3.8, 4) is 0 Å². The Morgan fingerprint density at radius 1 is 1.82 bits per heavy atom. The maximum atomic E-state index is 10.5. The van der Waals surface area contributed by atoms with Crippen LogP contribution >= 0.6 is 0 Å². The molecule has 0 amide bonds. The van der Waals surface area contributed by atoms with Crippen LogP contribution in [0.1, 0.15) is 17.4 Å². The molecule has 6 nitrogen and oxygen atoms in total. The highest BCUT2D eigenvalue weighted by Gasteiger charge is 2.15. The fraction of sp³-hybridized carbons (Fsp3) is 0.400. The number of anilines is 1. The lowest BCUT2D eigenvalue weighted by Gasteiger charge is -1.96. The molecule has 1 rings (SSSR count). The number of nitrogens with zero attached hydrogens (tertiary/aromatic N) is 3. The van der Waals surface area contributed by atoms with Crippen LogP contribution in [0.4, 0.5) is 5.82 Å². The summed E-state index contributed by atoms with van der Waals surface area (Å²) in [6, 6.07) is 0. The van der Waals surface area contributed by atoms with Crippen LogP contribution in [0.15, 0.2) is 0 Å². The van der Waals surface area contributed by atoms with Crippen LogP contribution in [0.2, 0.25) is 0 Å². The van der Waals surface area contributed by atoms with E-state index in [0.717, 1.165) is 0 Å².